The van der Waals surface area contributed by atoms with Gasteiger partial charge >= 0.3 is 0 Å². The van der Waals surface area contributed by atoms with Gasteiger partial charge < -0.3 is 9.30 Å². The highest BCUT2D eigenvalue weighted by Crippen LogP contribution is 2.33. The smallest absolute Gasteiger partial charge is 0.233 e. The minimum atomic E-state index is 0. The number of carbonyl (C=O) groups is 1. The molecule has 0 atom stereocenters. The summed E-state index contributed by atoms with van der Waals surface area (Å²) in [5.41, 5.74) is 2.84. The fourth-order valence-electron chi connectivity index (χ4n) is 3.56. The summed E-state index contributed by atoms with van der Waals surface area (Å²) in [4.78, 5) is 24.0. The summed E-state index contributed by atoms with van der Waals surface area (Å²) in [6.45, 7) is 5.90. The summed E-state index contributed by atoms with van der Waals surface area (Å²) in [6.07, 6.45) is 6.56. The number of rotatable bonds is 9. The Hall–Kier alpha value is -2.61. The number of hydrogen-bond acceptors (Lipinski definition) is 5. The SMILES string of the molecule is CCOc1ccc(CC(=O)N(CCCn2ccnc2)c2nc3c(C)cc(Cl)cc3s2)cc1.Cl. The molecule has 4 aromatic rings. The molecule has 6 nitrogen and oxygen atoms in total. The first kappa shape index (κ1) is 25.0. The van der Waals surface area contributed by atoms with Gasteiger partial charge in [0.1, 0.15) is 5.75 Å². The van der Waals surface area contributed by atoms with Crippen molar-refractivity contribution in [1.82, 2.24) is 14.5 Å². The first-order chi connectivity index (χ1) is 15.5. The Kier molecular flexibility index (Phi) is 8.72. The second kappa shape index (κ2) is 11.5. The van der Waals surface area contributed by atoms with Crippen LogP contribution in [0.5, 0.6) is 5.75 Å². The lowest BCUT2D eigenvalue weighted by molar-refractivity contribution is -0.118. The zero-order valence-corrected chi connectivity index (χ0v) is 20.9. The molecule has 1 amide bonds. The zero-order valence-electron chi connectivity index (χ0n) is 18.5. The van der Waals surface area contributed by atoms with Gasteiger partial charge in [-0.2, -0.15) is 0 Å². The van der Waals surface area contributed by atoms with Crippen LogP contribution < -0.4 is 9.64 Å². The molecule has 0 aliphatic heterocycles. The number of amides is 1. The number of aromatic nitrogens is 3. The number of benzene rings is 2. The number of anilines is 1. The van der Waals surface area contributed by atoms with E-state index < -0.39 is 0 Å². The van der Waals surface area contributed by atoms with Gasteiger partial charge in [0.25, 0.3) is 0 Å². The van der Waals surface area contributed by atoms with Gasteiger partial charge in [-0.05, 0) is 55.7 Å². The minimum absolute atomic E-state index is 0. The molecule has 0 radical (unpaired) electrons. The molecule has 2 aromatic carbocycles. The summed E-state index contributed by atoms with van der Waals surface area (Å²) in [5, 5.41) is 1.38. The third kappa shape index (κ3) is 6.25. The topological polar surface area (TPSA) is 60.2 Å². The summed E-state index contributed by atoms with van der Waals surface area (Å²) in [7, 11) is 0. The minimum Gasteiger partial charge on any atom is -0.494 e. The standard InChI is InChI=1S/C24H25ClN4O2S.ClH/c1-3-31-20-7-5-18(6-8-20)14-22(30)29(11-4-10-28-12-9-26-16-28)24-27-23-17(2)13-19(25)15-21(23)32-24;/h5-9,12-13,15-16H,3-4,10-11,14H2,1-2H3;1H. The maximum absolute atomic E-state index is 13.4. The molecule has 33 heavy (non-hydrogen) atoms. The summed E-state index contributed by atoms with van der Waals surface area (Å²) < 4.78 is 8.50. The molecule has 4 rings (SSSR count). The van der Waals surface area contributed by atoms with E-state index in [1.54, 1.807) is 17.4 Å². The Morgan fingerprint density at radius 3 is 2.73 bits per heavy atom. The van der Waals surface area contributed by atoms with Crippen molar-refractivity contribution in [1.29, 1.82) is 0 Å². The number of hydrogen-bond donors (Lipinski definition) is 0. The number of fused-ring (bicyclic) bond motifs is 1. The lowest BCUT2D eigenvalue weighted by atomic mass is 10.1. The molecule has 0 aliphatic rings. The van der Waals surface area contributed by atoms with Crippen molar-refractivity contribution in [2.75, 3.05) is 18.1 Å². The fraction of sp³-hybridized carbons (Fsp3) is 0.292. The van der Waals surface area contributed by atoms with E-state index in [0.29, 0.717) is 29.7 Å². The molecular formula is C24H26Cl2N4O2S. The summed E-state index contributed by atoms with van der Waals surface area (Å²) in [6, 6.07) is 11.5. The monoisotopic (exact) mass is 504 g/mol. The average molecular weight is 505 g/mol. The van der Waals surface area contributed by atoms with Gasteiger partial charge in [-0.1, -0.05) is 35.1 Å². The Bertz CT molecular complexity index is 1190. The van der Waals surface area contributed by atoms with Crippen molar-refractivity contribution in [3.8, 4) is 5.75 Å². The van der Waals surface area contributed by atoms with Crippen LogP contribution in [0.1, 0.15) is 24.5 Å². The van der Waals surface area contributed by atoms with Crippen molar-refractivity contribution >= 4 is 56.6 Å². The maximum atomic E-state index is 13.4. The highest BCUT2D eigenvalue weighted by atomic mass is 35.5. The van der Waals surface area contributed by atoms with Crippen LogP contribution in [0.4, 0.5) is 5.13 Å². The second-order valence-corrected chi connectivity index (χ2v) is 8.96. The molecule has 0 aliphatic carbocycles. The van der Waals surface area contributed by atoms with Gasteiger partial charge in [0.2, 0.25) is 5.91 Å². The third-order valence-electron chi connectivity index (χ3n) is 5.12. The lowest BCUT2D eigenvalue weighted by Crippen LogP contribution is -2.33. The molecule has 2 aromatic heterocycles. The van der Waals surface area contributed by atoms with Crippen LogP contribution in [0, 0.1) is 6.92 Å². The van der Waals surface area contributed by atoms with Crippen LogP contribution in [0.15, 0.2) is 55.1 Å². The van der Waals surface area contributed by atoms with E-state index in [0.717, 1.165) is 40.1 Å². The molecule has 2 heterocycles. The van der Waals surface area contributed by atoms with E-state index in [1.807, 2.05) is 61.0 Å². The van der Waals surface area contributed by atoms with E-state index >= 15 is 0 Å². The first-order valence-corrected chi connectivity index (χ1v) is 11.8. The van der Waals surface area contributed by atoms with Crippen LogP contribution in [0.2, 0.25) is 5.02 Å². The predicted octanol–water partition coefficient (Wildman–Crippen LogP) is 5.94. The van der Waals surface area contributed by atoms with Gasteiger partial charge in [-0.15, -0.1) is 12.4 Å². The number of aryl methyl sites for hydroxylation is 2. The van der Waals surface area contributed by atoms with Crippen molar-refractivity contribution in [2.24, 2.45) is 0 Å². The highest BCUT2D eigenvalue weighted by Gasteiger charge is 2.21. The van der Waals surface area contributed by atoms with Gasteiger partial charge in [-0.25, -0.2) is 9.97 Å². The normalized spacial score (nSPS) is 10.8. The molecule has 0 saturated heterocycles. The van der Waals surface area contributed by atoms with Crippen molar-refractivity contribution < 1.29 is 9.53 Å². The van der Waals surface area contributed by atoms with Crippen LogP contribution in [0.25, 0.3) is 10.2 Å². The van der Waals surface area contributed by atoms with Crippen LogP contribution in [0.3, 0.4) is 0 Å². The number of nitrogens with zero attached hydrogens (tertiary/aromatic N) is 4. The van der Waals surface area contributed by atoms with Crippen molar-refractivity contribution in [3.63, 3.8) is 0 Å². The second-order valence-electron chi connectivity index (χ2n) is 7.52. The number of halogens is 2. The van der Waals surface area contributed by atoms with E-state index in [1.165, 1.54) is 11.3 Å². The van der Waals surface area contributed by atoms with Gasteiger partial charge in [0, 0.05) is 30.5 Å². The van der Waals surface area contributed by atoms with Gasteiger partial charge in [0.05, 0.1) is 29.6 Å². The number of imidazole rings is 1. The third-order valence-corrected chi connectivity index (χ3v) is 6.36. The van der Waals surface area contributed by atoms with E-state index in [4.69, 9.17) is 21.3 Å². The number of carbonyl (C=O) groups excluding carboxylic acids is 1. The largest absolute Gasteiger partial charge is 0.494 e. The molecular weight excluding hydrogens is 479 g/mol. The Balaban J connectivity index is 0.00000306. The lowest BCUT2D eigenvalue weighted by Gasteiger charge is -2.20. The zero-order chi connectivity index (χ0) is 22.5. The quantitative estimate of drug-likeness (QED) is 0.283. The van der Waals surface area contributed by atoms with E-state index in [2.05, 4.69) is 4.98 Å². The molecule has 0 unspecified atom stereocenters. The molecule has 9 heteroatoms. The summed E-state index contributed by atoms with van der Waals surface area (Å²) in [5.74, 6) is 0.821. The number of thiazole rings is 1. The summed E-state index contributed by atoms with van der Waals surface area (Å²) >= 11 is 7.74. The van der Waals surface area contributed by atoms with E-state index in [9.17, 15) is 4.79 Å². The number of ether oxygens (including phenoxy) is 1. The Labute approximate surface area is 208 Å². The maximum Gasteiger partial charge on any atom is 0.233 e. The van der Waals surface area contributed by atoms with Crippen LogP contribution >= 0.6 is 35.3 Å². The predicted molar refractivity (Wildman–Crippen MR) is 137 cm³/mol. The molecule has 0 saturated carbocycles. The Morgan fingerprint density at radius 2 is 2.03 bits per heavy atom. The van der Waals surface area contributed by atoms with E-state index in [-0.39, 0.29) is 18.3 Å². The molecule has 0 N–H and O–H groups in total. The van der Waals surface area contributed by atoms with Crippen molar-refractivity contribution in [3.05, 3.63) is 71.3 Å². The highest BCUT2D eigenvalue weighted by molar-refractivity contribution is 7.22. The fourth-order valence-corrected chi connectivity index (χ4v) is 5.02. The van der Waals surface area contributed by atoms with Gasteiger partial charge in [0.15, 0.2) is 5.13 Å². The van der Waals surface area contributed by atoms with Crippen molar-refractivity contribution in [2.45, 2.75) is 33.2 Å². The molecule has 0 bridgehead atoms. The molecule has 174 valence electrons. The molecule has 0 spiro atoms. The van der Waals surface area contributed by atoms with Crippen LogP contribution in [-0.2, 0) is 17.8 Å². The Morgan fingerprint density at radius 1 is 1.24 bits per heavy atom. The first-order valence-electron chi connectivity index (χ1n) is 10.6. The average Bonchev–Trinajstić information content (AvgIpc) is 3.42. The molecule has 0 fully saturated rings. The van der Waals surface area contributed by atoms with Gasteiger partial charge in [-0.3, -0.25) is 9.69 Å². The van der Waals surface area contributed by atoms with Crippen LogP contribution in [-0.4, -0.2) is 33.6 Å².